The number of anilines is 2. The van der Waals surface area contributed by atoms with Gasteiger partial charge in [-0.05, 0) is 19.3 Å². The highest BCUT2D eigenvalue weighted by molar-refractivity contribution is 5.92. The van der Waals surface area contributed by atoms with Gasteiger partial charge in [0, 0.05) is 6.04 Å². The molecule has 0 bridgehead atoms. The molecule has 1 unspecified atom stereocenters. The van der Waals surface area contributed by atoms with E-state index in [0.29, 0.717) is 11.5 Å². The summed E-state index contributed by atoms with van der Waals surface area (Å²) in [5.41, 5.74) is 0. The Morgan fingerprint density at radius 1 is 1.54 bits per heavy atom. The van der Waals surface area contributed by atoms with E-state index in [1.165, 1.54) is 0 Å². The average molecular weight is 368 g/mol. The largest absolute Gasteiger partial charge is 0.365 e. The van der Waals surface area contributed by atoms with Gasteiger partial charge in [0.1, 0.15) is 0 Å². The van der Waals surface area contributed by atoms with E-state index in [0.717, 1.165) is 43.3 Å². The first-order valence-corrected chi connectivity index (χ1v) is 8.74. The second-order valence-corrected chi connectivity index (χ2v) is 6.41. The molecule has 144 valence electrons. The van der Waals surface area contributed by atoms with Crippen LogP contribution in [0.5, 0.6) is 0 Å². The van der Waals surface area contributed by atoms with Crippen LogP contribution in [-0.4, -0.2) is 45.1 Å². The highest BCUT2D eigenvalue weighted by Crippen LogP contribution is 2.26. The smallest absolute Gasteiger partial charge is 0.249 e. The molecular formula is C16H25FN6O3. The van der Waals surface area contributed by atoms with Crippen LogP contribution in [0.15, 0.2) is 6.20 Å². The van der Waals surface area contributed by atoms with Gasteiger partial charge >= 0.3 is 0 Å². The van der Waals surface area contributed by atoms with Crippen LogP contribution in [0.1, 0.15) is 45.4 Å². The highest BCUT2D eigenvalue weighted by atomic mass is 19.1. The topological polar surface area (TPSA) is 125 Å². The minimum atomic E-state index is -0.713. The van der Waals surface area contributed by atoms with Crippen molar-refractivity contribution < 1.29 is 19.2 Å². The summed E-state index contributed by atoms with van der Waals surface area (Å²) in [6.07, 6.45) is 6.10. The number of carbonyl (C=O) groups excluding carboxylic acids is 2. The third-order valence-corrected chi connectivity index (χ3v) is 4.14. The number of amides is 2. The number of nitrogens with zero attached hydrogens (tertiary/aromatic N) is 4. The fourth-order valence-electron chi connectivity index (χ4n) is 2.49. The first-order chi connectivity index (χ1) is 12.5. The summed E-state index contributed by atoms with van der Waals surface area (Å²) in [6, 6.07) is 0.173. The van der Waals surface area contributed by atoms with Crippen molar-refractivity contribution >= 4 is 24.1 Å². The number of hydrazine groups is 1. The molecule has 1 aliphatic rings. The molecular weight excluding hydrogens is 343 g/mol. The Morgan fingerprint density at radius 3 is 2.88 bits per heavy atom. The number of hydroxylamine groups is 2. The highest BCUT2D eigenvalue weighted by Gasteiger charge is 2.28. The van der Waals surface area contributed by atoms with Crippen LogP contribution in [0.4, 0.5) is 16.2 Å². The fraction of sp³-hybridized carbons (Fsp3) is 0.625. The Kier molecular flexibility index (Phi) is 7.22. The van der Waals surface area contributed by atoms with E-state index in [9.17, 15) is 19.2 Å². The van der Waals surface area contributed by atoms with Crippen LogP contribution >= 0.6 is 0 Å². The molecule has 1 saturated carbocycles. The number of hydrogen-bond acceptors (Lipinski definition) is 7. The van der Waals surface area contributed by atoms with E-state index in [1.54, 1.807) is 0 Å². The molecule has 1 aromatic heterocycles. The van der Waals surface area contributed by atoms with Crippen LogP contribution in [0.2, 0.25) is 0 Å². The molecule has 1 aromatic rings. The number of aromatic nitrogens is 2. The zero-order valence-corrected chi connectivity index (χ0v) is 14.8. The molecule has 0 spiro atoms. The Balaban J connectivity index is 2.11. The first-order valence-electron chi connectivity index (χ1n) is 8.74. The van der Waals surface area contributed by atoms with Crippen molar-refractivity contribution in [3.63, 3.8) is 0 Å². The second-order valence-electron chi connectivity index (χ2n) is 6.41. The van der Waals surface area contributed by atoms with E-state index in [2.05, 4.69) is 15.3 Å². The number of halogens is 1. The molecule has 0 aliphatic heterocycles. The predicted molar refractivity (Wildman–Crippen MR) is 92.5 cm³/mol. The molecule has 0 aromatic carbocycles. The third-order valence-electron chi connectivity index (χ3n) is 4.14. The Hall–Kier alpha value is -2.33. The lowest BCUT2D eigenvalue weighted by atomic mass is 10.00. The van der Waals surface area contributed by atoms with Crippen molar-refractivity contribution in [3.05, 3.63) is 12.0 Å². The number of nitrogens with one attached hydrogen (secondary N) is 1. The van der Waals surface area contributed by atoms with Gasteiger partial charge < -0.3 is 5.32 Å². The molecule has 1 atom stereocenters. The van der Waals surface area contributed by atoms with Crippen LogP contribution in [-0.2, 0) is 9.59 Å². The van der Waals surface area contributed by atoms with Gasteiger partial charge in [-0.3, -0.25) is 14.8 Å². The summed E-state index contributed by atoms with van der Waals surface area (Å²) in [5.74, 6) is 3.82. The first kappa shape index (κ1) is 20.0. The van der Waals surface area contributed by atoms with Crippen molar-refractivity contribution in [1.82, 2.24) is 15.0 Å². The number of hydrogen-bond donors (Lipinski definition) is 3. The summed E-state index contributed by atoms with van der Waals surface area (Å²) in [7, 11) is 0. The quantitative estimate of drug-likeness (QED) is 0.135. The van der Waals surface area contributed by atoms with Gasteiger partial charge in [-0.1, -0.05) is 26.2 Å². The minimum absolute atomic E-state index is 0.0000377. The van der Waals surface area contributed by atoms with Crippen molar-refractivity contribution in [2.45, 2.75) is 51.5 Å². The maximum Gasteiger partial charge on any atom is 0.249 e. The lowest BCUT2D eigenvalue weighted by Crippen LogP contribution is -2.46. The number of unbranched alkanes of at least 4 members (excludes halogenated alkanes) is 2. The molecule has 9 nitrogen and oxygen atoms in total. The molecule has 2 amide bonds. The molecule has 10 heteroatoms. The predicted octanol–water partition coefficient (Wildman–Crippen LogP) is 1.44. The van der Waals surface area contributed by atoms with E-state index in [4.69, 9.17) is 5.84 Å². The van der Waals surface area contributed by atoms with Crippen molar-refractivity contribution in [3.8, 4) is 0 Å². The van der Waals surface area contributed by atoms with Crippen LogP contribution < -0.4 is 16.2 Å². The molecule has 2 rings (SSSR count). The van der Waals surface area contributed by atoms with Crippen LogP contribution in [0.3, 0.4) is 0 Å². The molecule has 1 aliphatic carbocycles. The molecule has 26 heavy (non-hydrogen) atoms. The van der Waals surface area contributed by atoms with Gasteiger partial charge in [-0.2, -0.15) is 4.98 Å². The maximum atomic E-state index is 13.8. The number of rotatable bonds is 11. The zero-order valence-electron chi connectivity index (χ0n) is 14.8. The number of nitrogens with two attached hydrogens (primary N) is 1. The van der Waals surface area contributed by atoms with Crippen molar-refractivity contribution in [1.29, 1.82) is 0 Å². The Morgan fingerprint density at radius 2 is 2.27 bits per heavy atom. The van der Waals surface area contributed by atoms with Gasteiger partial charge in [0.05, 0.1) is 18.7 Å². The third kappa shape index (κ3) is 5.60. The molecule has 4 N–H and O–H groups in total. The van der Waals surface area contributed by atoms with Gasteiger partial charge in [0.25, 0.3) is 0 Å². The minimum Gasteiger partial charge on any atom is -0.365 e. The summed E-state index contributed by atoms with van der Waals surface area (Å²) >= 11 is 0. The van der Waals surface area contributed by atoms with E-state index in [1.807, 2.05) is 6.92 Å². The summed E-state index contributed by atoms with van der Waals surface area (Å²) in [4.78, 5) is 31.1. The lowest BCUT2D eigenvalue weighted by Gasteiger charge is -2.23. The maximum absolute atomic E-state index is 13.8. The van der Waals surface area contributed by atoms with Crippen molar-refractivity contribution in [2.75, 3.05) is 16.9 Å². The summed E-state index contributed by atoms with van der Waals surface area (Å²) in [5, 5.41) is 13.5. The van der Waals surface area contributed by atoms with E-state index < -0.39 is 17.6 Å². The monoisotopic (exact) mass is 368 g/mol. The Labute approximate surface area is 151 Å². The zero-order chi connectivity index (χ0) is 19.1. The van der Waals surface area contributed by atoms with Gasteiger partial charge in [-0.25, -0.2) is 25.3 Å². The standard InChI is InChI=1S/C16H25FN6O3/c1-2-3-4-5-11(9-22(26)10-24)15(25)23(18)16-19-8-13(17)14(21-16)20-12-6-7-12/h8,10-12,26H,2-7,9,18H2,1H3,(H,19,20,21). The van der Waals surface area contributed by atoms with E-state index in [-0.39, 0.29) is 30.8 Å². The summed E-state index contributed by atoms with van der Waals surface area (Å²) < 4.78 is 13.8. The van der Waals surface area contributed by atoms with Gasteiger partial charge in [0.15, 0.2) is 11.6 Å². The van der Waals surface area contributed by atoms with Crippen LogP contribution in [0, 0.1) is 11.7 Å². The normalized spacial score (nSPS) is 14.6. The van der Waals surface area contributed by atoms with E-state index >= 15 is 0 Å². The lowest BCUT2D eigenvalue weighted by molar-refractivity contribution is -0.154. The fourth-order valence-corrected chi connectivity index (χ4v) is 2.49. The van der Waals surface area contributed by atoms with Gasteiger partial charge in [0.2, 0.25) is 18.3 Å². The molecule has 1 heterocycles. The molecule has 0 saturated heterocycles. The van der Waals surface area contributed by atoms with Crippen LogP contribution in [0.25, 0.3) is 0 Å². The average Bonchev–Trinajstić information content (AvgIpc) is 3.45. The van der Waals surface area contributed by atoms with Crippen molar-refractivity contribution in [2.24, 2.45) is 11.8 Å². The number of carbonyl (C=O) groups is 2. The Bertz CT molecular complexity index is 628. The van der Waals surface area contributed by atoms with Gasteiger partial charge in [-0.15, -0.1) is 0 Å². The molecule has 0 radical (unpaired) electrons. The summed E-state index contributed by atoms with van der Waals surface area (Å²) in [6.45, 7) is 1.84. The second kappa shape index (κ2) is 9.39. The SMILES string of the molecule is CCCCCC(CN(O)C=O)C(=O)N(N)c1ncc(F)c(NC2CC2)n1. The molecule has 1 fully saturated rings.